The summed E-state index contributed by atoms with van der Waals surface area (Å²) in [5, 5.41) is 0. The fraction of sp³-hybridized carbons (Fsp3) is 0.538. The van der Waals surface area contributed by atoms with Gasteiger partial charge in [-0.1, -0.05) is 37.2 Å². The number of rotatable bonds is 6. The molecule has 1 aromatic rings. The van der Waals surface area contributed by atoms with Gasteiger partial charge in [0.05, 0.1) is 6.61 Å². The number of aryl methyl sites for hydroxylation is 1. The van der Waals surface area contributed by atoms with Gasteiger partial charge in [-0.2, -0.15) is 11.1 Å². The van der Waals surface area contributed by atoms with Gasteiger partial charge >= 0.3 is 0 Å². The molecule has 0 spiro atoms. The molecule has 0 fully saturated rings. The average Bonchev–Trinajstić information content (AvgIpc) is 2.19. The number of ether oxygens (including phenoxy) is 1. The Bertz CT molecular complexity index is 303. The molecule has 0 aliphatic heterocycles. The first kappa shape index (κ1) is 13.6. The summed E-state index contributed by atoms with van der Waals surface area (Å²) in [6, 6.07) is 9.37. The fourth-order valence-corrected chi connectivity index (χ4v) is 2.96. The number of benzene rings is 1. The molecule has 1 rings (SSSR count). The Morgan fingerprint density at radius 3 is 2.31 bits per heavy atom. The lowest BCUT2D eigenvalue weighted by Crippen LogP contribution is -2.15. The van der Waals surface area contributed by atoms with Crippen molar-refractivity contribution in [3.8, 4) is 5.75 Å². The minimum absolute atomic E-state index is 0.796. The highest BCUT2D eigenvalue weighted by molar-refractivity contribution is 7.19. The summed E-state index contributed by atoms with van der Waals surface area (Å²) >= 11 is 6.24. The Morgan fingerprint density at radius 1 is 1.12 bits per heavy atom. The van der Waals surface area contributed by atoms with Crippen LogP contribution in [0.2, 0.25) is 19.1 Å². The first-order chi connectivity index (χ1) is 7.47. The Balaban J connectivity index is 2.14. The molecule has 1 nitrogen and oxygen atoms in total. The summed E-state index contributed by atoms with van der Waals surface area (Å²) in [7, 11) is -1.38. The Hall–Kier alpha value is -0.473. The highest BCUT2D eigenvalue weighted by Crippen LogP contribution is 2.18. The van der Waals surface area contributed by atoms with Crippen LogP contribution >= 0.6 is 11.1 Å². The Labute approximate surface area is 104 Å². The monoisotopic (exact) mass is 256 g/mol. The molecule has 3 heteroatoms. The largest absolute Gasteiger partial charge is 0.494 e. The van der Waals surface area contributed by atoms with Crippen molar-refractivity contribution in [2.45, 2.75) is 38.9 Å². The van der Waals surface area contributed by atoms with Crippen LogP contribution in [0.4, 0.5) is 0 Å². The second-order valence-electron chi connectivity index (χ2n) is 4.84. The molecule has 0 saturated carbocycles. The van der Waals surface area contributed by atoms with E-state index in [1.54, 1.807) is 0 Å². The lowest BCUT2D eigenvalue weighted by atomic mass is 10.2. The maximum atomic E-state index is 6.24. The minimum atomic E-state index is -1.38. The van der Waals surface area contributed by atoms with Crippen molar-refractivity contribution in [2.24, 2.45) is 0 Å². The Morgan fingerprint density at radius 2 is 1.75 bits per heavy atom. The van der Waals surface area contributed by atoms with Gasteiger partial charge in [0.2, 0.25) is 0 Å². The predicted octanol–water partition coefficient (Wildman–Crippen LogP) is 4.60. The van der Waals surface area contributed by atoms with E-state index in [4.69, 9.17) is 15.8 Å². The normalized spacial score (nSPS) is 11.5. The Kier molecular flexibility index (Phi) is 5.36. The molecule has 0 atom stereocenters. The van der Waals surface area contributed by atoms with Crippen molar-refractivity contribution in [2.75, 3.05) is 6.61 Å². The maximum Gasteiger partial charge on any atom is 0.150 e. The standard InChI is InChI=1S/C13H21ClOSi/c1-12-6-8-13(9-7-12)15-10-4-5-11-16(2,3)14/h6-9H,4-5,10-11H2,1-3H3. The molecule has 0 aliphatic rings. The van der Waals surface area contributed by atoms with Crippen LogP contribution in [0, 0.1) is 6.92 Å². The van der Waals surface area contributed by atoms with E-state index >= 15 is 0 Å². The van der Waals surface area contributed by atoms with E-state index in [-0.39, 0.29) is 0 Å². The summed E-state index contributed by atoms with van der Waals surface area (Å²) < 4.78 is 5.65. The molecule has 0 unspecified atom stereocenters. The van der Waals surface area contributed by atoms with Crippen molar-refractivity contribution >= 4 is 18.5 Å². The van der Waals surface area contributed by atoms with Crippen LogP contribution in [0.25, 0.3) is 0 Å². The second-order valence-corrected chi connectivity index (χ2v) is 11.8. The highest BCUT2D eigenvalue weighted by atomic mass is 35.6. The summed E-state index contributed by atoms with van der Waals surface area (Å²) in [6.07, 6.45) is 2.27. The van der Waals surface area contributed by atoms with Crippen molar-refractivity contribution < 1.29 is 4.74 Å². The van der Waals surface area contributed by atoms with Gasteiger partial charge in [-0.3, -0.25) is 0 Å². The van der Waals surface area contributed by atoms with Gasteiger partial charge in [0.1, 0.15) is 13.1 Å². The van der Waals surface area contributed by atoms with Crippen LogP contribution in [0.5, 0.6) is 5.75 Å². The summed E-state index contributed by atoms with van der Waals surface area (Å²) in [5.74, 6) is 0.966. The zero-order chi connectivity index (χ0) is 12.0. The molecular weight excluding hydrogens is 236 g/mol. The van der Waals surface area contributed by atoms with Gasteiger partial charge in [-0.15, -0.1) is 0 Å². The molecule has 1 aromatic carbocycles. The van der Waals surface area contributed by atoms with Crippen molar-refractivity contribution in [1.82, 2.24) is 0 Å². The summed E-state index contributed by atoms with van der Waals surface area (Å²) in [5.41, 5.74) is 1.27. The van der Waals surface area contributed by atoms with Gasteiger partial charge in [0, 0.05) is 0 Å². The van der Waals surface area contributed by atoms with Crippen LogP contribution in [-0.4, -0.2) is 14.0 Å². The first-order valence-corrected chi connectivity index (χ1v) is 10.1. The fourth-order valence-electron chi connectivity index (χ4n) is 1.47. The van der Waals surface area contributed by atoms with E-state index in [0.717, 1.165) is 18.8 Å². The third-order valence-corrected chi connectivity index (χ3v) is 4.56. The van der Waals surface area contributed by atoms with E-state index in [9.17, 15) is 0 Å². The summed E-state index contributed by atoms with van der Waals surface area (Å²) in [4.78, 5) is 0. The zero-order valence-corrected chi connectivity index (χ0v) is 12.2. The zero-order valence-electron chi connectivity index (χ0n) is 10.4. The first-order valence-electron chi connectivity index (χ1n) is 5.86. The number of halogens is 1. The average molecular weight is 257 g/mol. The topological polar surface area (TPSA) is 9.23 Å². The van der Waals surface area contributed by atoms with E-state index in [1.165, 1.54) is 18.0 Å². The van der Waals surface area contributed by atoms with Crippen molar-refractivity contribution in [3.05, 3.63) is 29.8 Å². The van der Waals surface area contributed by atoms with Gasteiger partial charge in [0.15, 0.2) is 0 Å². The molecule has 0 aromatic heterocycles. The van der Waals surface area contributed by atoms with Crippen LogP contribution < -0.4 is 4.74 Å². The predicted molar refractivity (Wildman–Crippen MR) is 74.1 cm³/mol. The van der Waals surface area contributed by atoms with Crippen LogP contribution in [0.3, 0.4) is 0 Å². The third kappa shape index (κ3) is 6.18. The van der Waals surface area contributed by atoms with E-state index in [2.05, 4.69) is 32.2 Å². The smallest absolute Gasteiger partial charge is 0.150 e. The van der Waals surface area contributed by atoms with E-state index in [1.807, 2.05) is 12.1 Å². The molecule has 90 valence electrons. The SMILES string of the molecule is Cc1ccc(OCCCC[Si](C)(C)Cl)cc1. The van der Waals surface area contributed by atoms with Gasteiger partial charge < -0.3 is 4.74 Å². The van der Waals surface area contributed by atoms with Crippen molar-refractivity contribution in [1.29, 1.82) is 0 Å². The van der Waals surface area contributed by atoms with Crippen molar-refractivity contribution in [3.63, 3.8) is 0 Å². The lowest BCUT2D eigenvalue weighted by molar-refractivity contribution is 0.309. The van der Waals surface area contributed by atoms with Gasteiger partial charge in [-0.25, -0.2) is 0 Å². The van der Waals surface area contributed by atoms with E-state index in [0.29, 0.717) is 0 Å². The minimum Gasteiger partial charge on any atom is -0.494 e. The molecule has 0 radical (unpaired) electrons. The number of unbranched alkanes of at least 4 members (excludes halogenated alkanes) is 1. The van der Waals surface area contributed by atoms with Gasteiger partial charge in [-0.05, 0) is 31.5 Å². The molecule has 0 N–H and O–H groups in total. The molecule has 0 amide bonds. The summed E-state index contributed by atoms with van der Waals surface area (Å²) in [6.45, 7) is 7.26. The quantitative estimate of drug-likeness (QED) is 0.411. The molecule has 16 heavy (non-hydrogen) atoms. The maximum absolute atomic E-state index is 6.24. The third-order valence-electron chi connectivity index (χ3n) is 2.46. The second kappa shape index (κ2) is 6.31. The van der Waals surface area contributed by atoms with E-state index < -0.39 is 7.38 Å². The van der Waals surface area contributed by atoms with Crippen LogP contribution in [-0.2, 0) is 0 Å². The molecule has 0 bridgehead atoms. The lowest BCUT2D eigenvalue weighted by Gasteiger charge is -2.12. The van der Waals surface area contributed by atoms with Crippen LogP contribution in [0.15, 0.2) is 24.3 Å². The molecule has 0 heterocycles. The molecule has 0 saturated heterocycles. The van der Waals surface area contributed by atoms with Gasteiger partial charge in [0.25, 0.3) is 0 Å². The highest BCUT2D eigenvalue weighted by Gasteiger charge is 2.15. The molecule has 0 aliphatic carbocycles. The number of hydrogen-bond acceptors (Lipinski definition) is 1. The molecular formula is C13H21ClOSi. The number of hydrogen-bond donors (Lipinski definition) is 0. The van der Waals surface area contributed by atoms with Crippen LogP contribution in [0.1, 0.15) is 18.4 Å².